The van der Waals surface area contributed by atoms with Crippen LogP contribution in [0.2, 0.25) is 0 Å². The Morgan fingerprint density at radius 2 is 1.88 bits per heavy atom. The molecule has 8 nitrogen and oxygen atoms in total. The van der Waals surface area contributed by atoms with Crippen LogP contribution in [0.3, 0.4) is 0 Å². The maximum absolute atomic E-state index is 12.4. The zero-order valence-electron chi connectivity index (χ0n) is 13.1. The molecule has 0 aliphatic carbocycles. The van der Waals surface area contributed by atoms with Crippen LogP contribution in [0, 0.1) is 0 Å². The molecular formula is C15H19N5O3S. The molecule has 0 radical (unpaired) electrons. The highest BCUT2D eigenvalue weighted by Crippen LogP contribution is 2.22. The van der Waals surface area contributed by atoms with Gasteiger partial charge in [0.1, 0.15) is 0 Å². The van der Waals surface area contributed by atoms with Gasteiger partial charge < -0.3 is 5.32 Å². The molecule has 1 fully saturated rings. The van der Waals surface area contributed by atoms with Crippen LogP contribution in [0.4, 0.5) is 5.69 Å². The molecule has 0 unspecified atom stereocenters. The van der Waals surface area contributed by atoms with Crippen molar-refractivity contribution in [1.29, 1.82) is 0 Å². The fourth-order valence-corrected chi connectivity index (χ4v) is 4.10. The van der Waals surface area contributed by atoms with Gasteiger partial charge in [-0.2, -0.15) is 4.31 Å². The van der Waals surface area contributed by atoms with Crippen LogP contribution < -0.4 is 5.32 Å². The van der Waals surface area contributed by atoms with Crippen molar-refractivity contribution in [2.75, 3.05) is 18.4 Å². The Morgan fingerprint density at radius 1 is 1.17 bits per heavy atom. The number of anilines is 1. The number of sulfonamides is 1. The van der Waals surface area contributed by atoms with Gasteiger partial charge in [0, 0.05) is 31.4 Å². The minimum atomic E-state index is -3.42. The maximum atomic E-state index is 12.4. The SMILES string of the molecule is O=C(CCn1ccnn1)Nc1ccc(S(=O)(=O)N2CCCC2)cc1. The van der Waals surface area contributed by atoms with E-state index in [9.17, 15) is 13.2 Å². The van der Waals surface area contributed by atoms with Gasteiger partial charge in [0.15, 0.2) is 0 Å². The van der Waals surface area contributed by atoms with Crippen molar-refractivity contribution in [2.24, 2.45) is 0 Å². The average Bonchev–Trinajstić information content (AvgIpc) is 3.27. The number of amides is 1. The molecule has 3 rings (SSSR count). The highest BCUT2D eigenvalue weighted by Gasteiger charge is 2.26. The Labute approximate surface area is 140 Å². The highest BCUT2D eigenvalue weighted by molar-refractivity contribution is 7.89. The molecule has 2 aromatic rings. The number of hydrogen-bond donors (Lipinski definition) is 1. The first kappa shape index (κ1) is 16.6. The van der Waals surface area contributed by atoms with E-state index in [4.69, 9.17) is 0 Å². The van der Waals surface area contributed by atoms with E-state index in [-0.39, 0.29) is 17.2 Å². The van der Waals surface area contributed by atoms with Gasteiger partial charge in [0.05, 0.1) is 17.6 Å². The molecule has 1 aromatic heterocycles. The van der Waals surface area contributed by atoms with Crippen LogP contribution in [0.25, 0.3) is 0 Å². The fourth-order valence-electron chi connectivity index (χ4n) is 2.58. The molecule has 1 aliphatic heterocycles. The van der Waals surface area contributed by atoms with Crippen LogP contribution in [0.15, 0.2) is 41.6 Å². The minimum Gasteiger partial charge on any atom is -0.326 e. The molecule has 0 saturated carbocycles. The van der Waals surface area contributed by atoms with Crippen molar-refractivity contribution in [3.05, 3.63) is 36.7 Å². The Balaban J connectivity index is 1.59. The van der Waals surface area contributed by atoms with E-state index in [1.54, 1.807) is 29.2 Å². The third kappa shape index (κ3) is 3.80. The molecule has 1 amide bonds. The van der Waals surface area contributed by atoms with Crippen LogP contribution in [-0.4, -0.2) is 46.7 Å². The van der Waals surface area contributed by atoms with Crippen LogP contribution in [0.1, 0.15) is 19.3 Å². The molecule has 1 saturated heterocycles. The second kappa shape index (κ2) is 7.10. The van der Waals surface area contributed by atoms with E-state index in [1.165, 1.54) is 16.4 Å². The predicted molar refractivity (Wildman–Crippen MR) is 87.7 cm³/mol. The summed E-state index contributed by atoms with van der Waals surface area (Å²) in [6.07, 6.45) is 5.30. The summed E-state index contributed by atoms with van der Waals surface area (Å²) in [6.45, 7) is 1.58. The van der Waals surface area contributed by atoms with Gasteiger partial charge in [-0.3, -0.25) is 9.48 Å². The van der Waals surface area contributed by atoms with Gasteiger partial charge in [0.2, 0.25) is 15.9 Å². The van der Waals surface area contributed by atoms with Crippen molar-refractivity contribution in [2.45, 2.75) is 30.7 Å². The standard InChI is InChI=1S/C15H19N5O3S/c21-15(7-11-19-12-8-16-18-19)17-13-3-5-14(6-4-13)24(22,23)20-9-1-2-10-20/h3-6,8,12H,1-2,7,9-11H2,(H,17,21). The van der Waals surface area contributed by atoms with Crippen LogP contribution >= 0.6 is 0 Å². The molecule has 1 N–H and O–H groups in total. The summed E-state index contributed by atoms with van der Waals surface area (Å²) in [4.78, 5) is 12.2. The Morgan fingerprint density at radius 3 is 2.50 bits per heavy atom. The lowest BCUT2D eigenvalue weighted by molar-refractivity contribution is -0.116. The van der Waals surface area contributed by atoms with E-state index >= 15 is 0 Å². The molecule has 24 heavy (non-hydrogen) atoms. The lowest BCUT2D eigenvalue weighted by Crippen LogP contribution is -2.27. The monoisotopic (exact) mass is 349 g/mol. The van der Waals surface area contributed by atoms with Crippen molar-refractivity contribution >= 4 is 21.6 Å². The number of rotatable bonds is 6. The van der Waals surface area contributed by atoms with E-state index in [2.05, 4.69) is 15.6 Å². The van der Waals surface area contributed by atoms with Gasteiger partial charge in [-0.25, -0.2) is 8.42 Å². The number of carbonyl (C=O) groups excluding carboxylic acids is 1. The van der Waals surface area contributed by atoms with Crippen molar-refractivity contribution < 1.29 is 13.2 Å². The largest absolute Gasteiger partial charge is 0.326 e. The first-order valence-corrected chi connectivity index (χ1v) is 9.24. The third-order valence-electron chi connectivity index (χ3n) is 3.88. The first-order chi connectivity index (χ1) is 11.6. The smallest absolute Gasteiger partial charge is 0.243 e. The summed E-state index contributed by atoms with van der Waals surface area (Å²) >= 11 is 0. The molecule has 128 valence electrons. The second-order valence-corrected chi connectivity index (χ2v) is 7.54. The van der Waals surface area contributed by atoms with Crippen LogP contribution in [-0.2, 0) is 21.4 Å². The molecule has 1 aliphatic rings. The molecule has 1 aromatic carbocycles. The minimum absolute atomic E-state index is 0.166. The Kier molecular flexibility index (Phi) is 4.91. The first-order valence-electron chi connectivity index (χ1n) is 7.80. The summed E-state index contributed by atoms with van der Waals surface area (Å²) in [6, 6.07) is 6.27. The molecule has 0 spiro atoms. The summed E-state index contributed by atoms with van der Waals surface area (Å²) in [7, 11) is -3.42. The fraction of sp³-hybridized carbons (Fsp3) is 0.400. The highest BCUT2D eigenvalue weighted by atomic mass is 32.2. The van der Waals surface area contributed by atoms with Crippen LogP contribution in [0.5, 0.6) is 0 Å². The van der Waals surface area contributed by atoms with Gasteiger partial charge in [-0.15, -0.1) is 5.10 Å². The zero-order chi connectivity index (χ0) is 17.0. The molecular weight excluding hydrogens is 330 g/mol. The molecule has 0 atom stereocenters. The van der Waals surface area contributed by atoms with E-state index < -0.39 is 10.0 Å². The third-order valence-corrected chi connectivity index (χ3v) is 5.79. The summed E-state index contributed by atoms with van der Waals surface area (Å²) in [5.74, 6) is -0.166. The quantitative estimate of drug-likeness (QED) is 0.842. The maximum Gasteiger partial charge on any atom is 0.243 e. The van der Waals surface area contributed by atoms with Gasteiger partial charge >= 0.3 is 0 Å². The number of nitrogens with zero attached hydrogens (tertiary/aromatic N) is 4. The summed E-state index contributed by atoms with van der Waals surface area (Å²) in [5.41, 5.74) is 0.568. The Bertz CT molecular complexity index is 781. The number of aryl methyl sites for hydroxylation is 1. The van der Waals surface area contributed by atoms with E-state index in [1.807, 2.05) is 0 Å². The van der Waals surface area contributed by atoms with E-state index in [0.29, 0.717) is 25.3 Å². The van der Waals surface area contributed by atoms with Crippen molar-refractivity contribution in [3.63, 3.8) is 0 Å². The molecule has 0 bridgehead atoms. The molecule has 9 heteroatoms. The van der Waals surface area contributed by atoms with Gasteiger partial charge in [-0.05, 0) is 37.1 Å². The number of benzene rings is 1. The lowest BCUT2D eigenvalue weighted by atomic mass is 10.3. The number of nitrogens with one attached hydrogen (secondary N) is 1. The predicted octanol–water partition coefficient (Wildman–Crippen LogP) is 1.09. The summed E-state index contributed by atoms with van der Waals surface area (Å²) < 4.78 is 27.9. The average molecular weight is 349 g/mol. The Hall–Kier alpha value is -2.26. The molecule has 2 heterocycles. The van der Waals surface area contributed by atoms with Crippen molar-refractivity contribution in [3.8, 4) is 0 Å². The van der Waals surface area contributed by atoms with Crippen molar-refractivity contribution in [1.82, 2.24) is 19.3 Å². The van der Waals surface area contributed by atoms with Gasteiger partial charge in [-0.1, -0.05) is 5.21 Å². The number of hydrogen-bond acceptors (Lipinski definition) is 5. The zero-order valence-corrected chi connectivity index (χ0v) is 13.9. The number of aromatic nitrogens is 3. The number of carbonyl (C=O) groups is 1. The lowest BCUT2D eigenvalue weighted by Gasteiger charge is -2.15. The van der Waals surface area contributed by atoms with Gasteiger partial charge in [0.25, 0.3) is 0 Å². The second-order valence-electron chi connectivity index (χ2n) is 5.60. The normalized spacial score (nSPS) is 15.5. The van der Waals surface area contributed by atoms with E-state index in [0.717, 1.165) is 12.8 Å². The summed E-state index contributed by atoms with van der Waals surface area (Å²) in [5, 5.41) is 10.2. The topological polar surface area (TPSA) is 97.2 Å².